The third-order valence-electron chi connectivity index (χ3n) is 3.90. The summed E-state index contributed by atoms with van der Waals surface area (Å²) in [5.41, 5.74) is 2.56. The smallest absolute Gasteiger partial charge is 0.274 e. The van der Waals surface area contributed by atoms with Crippen molar-refractivity contribution in [3.63, 3.8) is 0 Å². The molecule has 0 saturated carbocycles. The molecule has 0 aliphatic heterocycles. The number of carbonyl (C=O) groups is 1. The van der Waals surface area contributed by atoms with Crippen LogP contribution in [0.25, 0.3) is 10.2 Å². The second kappa shape index (κ2) is 8.09. The minimum Gasteiger partial charge on any atom is -0.494 e. The van der Waals surface area contributed by atoms with Gasteiger partial charge in [-0.25, -0.2) is 0 Å². The summed E-state index contributed by atoms with van der Waals surface area (Å²) in [6, 6.07) is 13.8. The molecular formula is C19H20N2O3S. The Balaban J connectivity index is 1.68. The molecule has 0 atom stereocenters. The molecule has 3 aromatic rings. The van der Waals surface area contributed by atoms with Crippen LogP contribution >= 0.6 is 11.3 Å². The fraction of sp³-hybridized carbons (Fsp3) is 0.263. The minimum absolute atomic E-state index is 0.0343. The number of hydrogen-bond donors (Lipinski definition) is 1. The molecule has 5 nitrogen and oxygen atoms in total. The molecule has 0 amide bonds. The molecule has 6 heteroatoms. The molecule has 2 aromatic carbocycles. The number of hydrogen-bond acceptors (Lipinski definition) is 6. The topological polar surface area (TPSA) is 60.5 Å². The lowest BCUT2D eigenvalue weighted by molar-refractivity contribution is 0.0993. The van der Waals surface area contributed by atoms with Crippen molar-refractivity contribution < 1.29 is 14.3 Å². The summed E-state index contributed by atoms with van der Waals surface area (Å²) in [5.74, 6) is 0.676. The summed E-state index contributed by atoms with van der Waals surface area (Å²) in [5, 5.41) is 3.74. The number of carbonyl (C=O) groups excluding carboxylic acids is 1. The zero-order valence-corrected chi connectivity index (χ0v) is 15.1. The molecule has 0 saturated heterocycles. The first kappa shape index (κ1) is 17.4. The van der Waals surface area contributed by atoms with E-state index in [2.05, 4.69) is 22.4 Å². The molecule has 0 aliphatic carbocycles. The van der Waals surface area contributed by atoms with Crippen LogP contribution < -0.4 is 14.8 Å². The van der Waals surface area contributed by atoms with Gasteiger partial charge in [0.15, 0.2) is 5.78 Å². The summed E-state index contributed by atoms with van der Waals surface area (Å²) in [4.78, 5) is 17.0. The van der Waals surface area contributed by atoms with E-state index in [1.54, 1.807) is 26.4 Å². The van der Waals surface area contributed by atoms with Crippen molar-refractivity contribution in [3.05, 3.63) is 53.6 Å². The summed E-state index contributed by atoms with van der Waals surface area (Å²) in [6.07, 6.45) is 0.889. The SMILES string of the molecule is COc1nc2c(OC)ccc(C(=O)CNCCc3ccccc3)c2s1. The largest absolute Gasteiger partial charge is 0.494 e. The molecule has 0 unspecified atom stereocenters. The Morgan fingerprint density at radius 1 is 1.12 bits per heavy atom. The summed E-state index contributed by atoms with van der Waals surface area (Å²) < 4.78 is 11.3. The highest BCUT2D eigenvalue weighted by Gasteiger charge is 2.17. The first-order chi connectivity index (χ1) is 12.2. The van der Waals surface area contributed by atoms with E-state index < -0.39 is 0 Å². The fourth-order valence-electron chi connectivity index (χ4n) is 2.61. The minimum atomic E-state index is 0.0343. The van der Waals surface area contributed by atoms with Crippen LogP contribution in [0.4, 0.5) is 0 Å². The van der Waals surface area contributed by atoms with Gasteiger partial charge >= 0.3 is 0 Å². The van der Waals surface area contributed by atoms with Gasteiger partial charge in [-0.15, -0.1) is 0 Å². The Kier molecular flexibility index (Phi) is 5.63. The first-order valence-electron chi connectivity index (χ1n) is 8.02. The molecule has 1 N–H and O–H groups in total. The van der Waals surface area contributed by atoms with Crippen molar-refractivity contribution in [3.8, 4) is 10.9 Å². The number of ether oxygens (including phenoxy) is 2. The van der Waals surface area contributed by atoms with E-state index in [4.69, 9.17) is 9.47 Å². The number of Topliss-reactive ketones (excluding diaryl/α,β-unsaturated/α-hetero) is 1. The summed E-state index contributed by atoms with van der Waals surface area (Å²) in [6.45, 7) is 1.04. The van der Waals surface area contributed by atoms with Crippen molar-refractivity contribution in [1.82, 2.24) is 10.3 Å². The third kappa shape index (κ3) is 3.97. The molecule has 0 fully saturated rings. The second-order valence-electron chi connectivity index (χ2n) is 5.51. The van der Waals surface area contributed by atoms with E-state index in [1.807, 2.05) is 18.2 Å². The van der Waals surface area contributed by atoms with Gasteiger partial charge in [0.1, 0.15) is 11.3 Å². The van der Waals surface area contributed by atoms with Crippen LogP contribution in [0.1, 0.15) is 15.9 Å². The van der Waals surface area contributed by atoms with E-state index in [1.165, 1.54) is 16.9 Å². The van der Waals surface area contributed by atoms with Crippen LogP contribution in [0.2, 0.25) is 0 Å². The maximum absolute atomic E-state index is 12.6. The van der Waals surface area contributed by atoms with Crippen LogP contribution in [0.3, 0.4) is 0 Å². The zero-order valence-electron chi connectivity index (χ0n) is 14.2. The maximum Gasteiger partial charge on any atom is 0.274 e. The van der Waals surface area contributed by atoms with Gasteiger partial charge in [0.2, 0.25) is 0 Å². The summed E-state index contributed by atoms with van der Waals surface area (Å²) in [7, 11) is 3.16. The fourth-order valence-corrected chi connectivity index (χ4v) is 3.54. The van der Waals surface area contributed by atoms with Gasteiger partial charge in [-0.3, -0.25) is 4.79 Å². The highest BCUT2D eigenvalue weighted by Crippen LogP contribution is 2.36. The Morgan fingerprint density at radius 3 is 2.64 bits per heavy atom. The maximum atomic E-state index is 12.6. The van der Waals surface area contributed by atoms with Crippen molar-refractivity contribution >= 4 is 27.3 Å². The Labute approximate surface area is 150 Å². The number of fused-ring (bicyclic) bond motifs is 1. The second-order valence-corrected chi connectivity index (χ2v) is 6.47. The number of nitrogens with zero attached hydrogens (tertiary/aromatic N) is 1. The van der Waals surface area contributed by atoms with E-state index >= 15 is 0 Å². The van der Waals surface area contributed by atoms with Crippen molar-refractivity contribution in [2.24, 2.45) is 0 Å². The van der Waals surface area contributed by atoms with Gasteiger partial charge < -0.3 is 14.8 Å². The van der Waals surface area contributed by atoms with Gasteiger partial charge in [-0.2, -0.15) is 4.98 Å². The van der Waals surface area contributed by atoms with E-state index in [9.17, 15) is 4.79 Å². The first-order valence-corrected chi connectivity index (χ1v) is 8.84. The molecule has 0 bridgehead atoms. The lowest BCUT2D eigenvalue weighted by atomic mass is 10.1. The standard InChI is InChI=1S/C19H20N2O3S/c1-23-16-9-8-14(18-17(16)21-19(24-2)25-18)15(22)12-20-11-10-13-6-4-3-5-7-13/h3-9,20H,10-12H2,1-2H3. The van der Waals surface area contributed by atoms with Crippen LogP contribution in [-0.4, -0.2) is 38.1 Å². The lowest BCUT2D eigenvalue weighted by Gasteiger charge is -2.07. The zero-order chi connectivity index (χ0) is 17.6. The number of ketones is 1. The highest BCUT2D eigenvalue weighted by molar-refractivity contribution is 7.20. The third-order valence-corrected chi connectivity index (χ3v) is 4.95. The number of aromatic nitrogens is 1. The Hall–Kier alpha value is -2.44. The van der Waals surface area contributed by atoms with Crippen LogP contribution in [0, 0.1) is 0 Å². The molecule has 0 spiro atoms. The van der Waals surface area contributed by atoms with Crippen LogP contribution in [-0.2, 0) is 6.42 Å². The predicted molar refractivity (Wildman–Crippen MR) is 100 cm³/mol. The number of methoxy groups -OCH3 is 2. The van der Waals surface area contributed by atoms with Crippen LogP contribution in [0.15, 0.2) is 42.5 Å². The number of thiazole rings is 1. The lowest BCUT2D eigenvalue weighted by Crippen LogP contribution is -2.25. The molecule has 0 aliphatic rings. The van der Waals surface area contributed by atoms with Gasteiger partial charge in [-0.1, -0.05) is 41.7 Å². The average molecular weight is 356 g/mol. The summed E-state index contributed by atoms with van der Waals surface area (Å²) >= 11 is 1.36. The van der Waals surface area contributed by atoms with Crippen LogP contribution in [0.5, 0.6) is 10.9 Å². The van der Waals surface area contributed by atoms with Crippen molar-refractivity contribution in [1.29, 1.82) is 0 Å². The van der Waals surface area contributed by atoms with Gasteiger partial charge in [0, 0.05) is 5.56 Å². The van der Waals surface area contributed by atoms with E-state index in [0.29, 0.717) is 22.0 Å². The van der Waals surface area contributed by atoms with E-state index in [-0.39, 0.29) is 12.3 Å². The molecule has 130 valence electrons. The molecule has 3 rings (SSSR count). The Morgan fingerprint density at radius 2 is 1.92 bits per heavy atom. The highest BCUT2D eigenvalue weighted by atomic mass is 32.1. The van der Waals surface area contributed by atoms with Crippen molar-refractivity contribution in [2.75, 3.05) is 27.3 Å². The molecule has 25 heavy (non-hydrogen) atoms. The monoisotopic (exact) mass is 356 g/mol. The molecule has 1 heterocycles. The van der Waals surface area contributed by atoms with Gasteiger partial charge in [0.05, 0.1) is 25.5 Å². The molecule has 0 radical (unpaired) electrons. The number of rotatable bonds is 8. The van der Waals surface area contributed by atoms with E-state index in [0.717, 1.165) is 17.7 Å². The quantitative estimate of drug-likeness (QED) is 0.495. The average Bonchev–Trinajstić information content (AvgIpc) is 3.09. The van der Waals surface area contributed by atoms with Gasteiger partial charge in [-0.05, 0) is 30.7 Å². The normalized spacial score (nSPS) is 10.8. The number of benzene rings is 2. The molecule has 1 aromatic heterocycles. The Bertz CT molecular complexity index is 862. The number of nitrogens with one attached hydrogen (secondary N) is 1. The molecular weight excluding hydrogens is 336 g/mol. The van der Waals surface area contributed by atoms with Gasteiger partial charge in [0.25, 0.3) is 5.19 Å². The van der Waals surface area contributed by atoms with Crippen molar-refractivity contribution in [2.45, 2.75) is 6.42 Å². The predicted octanol–water partition coefficient (Wildman–Crippen LogP) is 3.33.